The third-order valence-corrected chi connectivity index (χ3v) is 1.29. The van der Waals surface area contributed by atoms with Crippen LogP contribution in [0.1, 0.15) is 26.7 Å². The lowest BCUT2D eigenvalue weighted by atomic mass is 10.1. The summed E-state index contributed by atoms with van der Waals surface area (Å²) < 4.78 is 0. The van der Waals surface area contributed by atoms with E-state index in [0.29, 0.717) is 13.0 Å². The van der Waals surface area contributed by atoms with Crippen molar-refractivity contribution in [2.24, 2.45) is 11.5 Å². The molecule has 1 unspecified atom stereocenters. The predicted molar refractivity (Wildman–Crippen MR) is 45.2 cm³/mol. The largest absolute Gasteiger partial charge is 0.480 e. The van der Waals surface area contributed by atoms with E-state index >= 15 is 0 Å². The molecule has 0 aliphatic carbocycles. The van der Waals surface area contributed by atoms with Crippen molar-refractivity contribution in [3.05, 3.63) is 0 Å². The second-order valence-corrected chi connectivity index (χ2v) is 2.23. The number of unbranched alkanes of at least 4 members (excludes halogenated alkanes) is 1. The lowest BCUT2D eigenvalue weighted by Gasteiger charge is -2.03. The SMILES string of the molecule is C.NCCCCC(N)C(=O)O. The van der Waals surface area contributed by atoms with E-state index < -0.39 is 12.0 Å². The third kappa shape index (κ3) is 7.29. The summed E-state index contributed by atoms with van der Waals surface area (Å²) in [5.41, 5.74) is 10.4. The minimum absolute atomic E-state index is 0. The minimum atomic E-state index is -0.933. The molecule has 0 saturated carbocycles. The number of aliphatic carboxylic acids is 1. The fourth-order valence-electron chi connectivity index (χ4n) is 0.632. The highest BCUT2D eigenvalue weighted by molar-refractivity contribution is 5.72. The normalized spacial score (nSPS) is 11.8. The van der Waals surface area contributed by atoms with Crippen molar-refractivity contribution >= 4 is 5.97 Å². The van der Waals surface area contributed by atoms with E-state index in [1.54, 1.807) is 0 Å². The Labute approximate surface area is 67.6 Å². The molecule has 0 rings (SSSR count). The first-order valence-corrected chi connectivity index (χ1v) is 3.37. The monoisotopic (exact) mass is 162 g/mol. The van der Waals surface area contributed by atoms with Gasteiger partial charge in [0.1, 0.15) is 6.04 Å². The Balaban J connectivity index is 0. The van der Waals surface area contributed by atoms with Crippen LogP contribution >= 0.6 is 0 Å². The van der Waals surface area contributed by atoms with Crippen molar-refractivity contribution in [2.75, 3.05) is 6.54 Å². The highest BCUT2D eigenvalue weighted by Crippen LogP contribution is 1.96. The molecule has 0 amide bonds. The number of nitrogens with two attached hydrogens (primary N) is 2. The zero-order valence-corrected chi connectivity index (χ0v) is 5.92. The average molecular weight is 162 g/mol. The lowest BCUT2D eigenvalue weighted by molar-refractivity contribution is -0.138. The van der Waals surface area contributed by atoms with E-state index in [1.807, 2.05) is 0 Å². The Hall–Kier alpha value is -0.610. The predicted octanol–water partition coefficient (Wildman–Crippen LogP) is 0.163. The van der Waals surface area contributed by atoms with Crippen LogP contribution in [0.2, 0.25) is 0 Å². The van der Waals surface area contributed by atoms with Gasteiger partial charge in [-0.1, -0.05) is 13.8 Å². The van der Waals surface area contributed by atoms with Crippen LogP contribution in [0.15, 0.2) is 0 Å². The average Bonchev–Trinajstić information content (AvgIpc) is 1.88. The number of hydrogen-bond donors (Lipinski definition) is 3. The molecule has 0 fully saturated rings. The van der Waals surface area contributed by atoms with Gasteiger partial charge in [0, 0.05) is 0 Å². The first-order valence-electron chi connectivity index (χ1n) is 3.37. The molecule has 4 nitrogen and oxygen atoms in total. The van der Waals surface area contributed by atoms with Gasteiger partial charge in [0.15, 0.2) is 0 Å². The molecule has 5 N–H and O–H groups in total. The second-order valence-electron chi connectivity index (χ2n) is 2.23. The zero-order chi connectivity index (χ0) is 7.98. The van der Waals surface area contributed by atoms with Crippen LogP contribution in [0.5, 0.6) is 0 Å². The van der Waals surface area contributed by atoms with Crippen LogP contribution in [0.25, 0.3) is 0 Å². The molecule has 68 valence electrons. The van der Waals surface area contributed by atoms with Gasteiger partial charge in [-0.15, -0.1) is 0 Å². The first-order chi connectivity index (χ1) is 4.68. The van der Waals surface area contributed by atoms with E-state index in [-0.39, 0.29) is 7.43 Å². The Kier molecular flexibility index (Phi) is 8.87. The van der Waals surface area contributed by atoms with Crippen molar-refractivity contribution in [1.29, 1.82) is 0 Å². The van der Waals surface area contributed by atoms with Crippen LogP contribution in [-0.4, -0.2) is 23.7 Å². The lowest BCUT2D eigenvalue weighted by Crippen LogP contribution is -2.29. The summed E-state index contributed by atoms with van der Waals surface area (Å²) in [6, 6.07) is -0.716. The minimum Gasteiger partial charge on any atom is -0.480 e. The molecule has 0 saturated heterocycles. The Bertz CT molecular complexity index is 107. The molecular weight excluding hydrogens is 144 g/mol. The van der Waals surface area contributed by atoms with Gasteiger partial charge in [-0.25, -0.2) is 0 Å². The van der Waals surface area contributed by atoms with Crippen molar-refractivity contribution in [1.82, 2.24) is 0 Å². The van der Waals surface area contributed by atoms with Crippen molar-refractivity contribution in [3.63, 3.8) is 0 Å². The van der Waals surface area contributed by atoms with Crippen LogP contribution in [-0.2, 0) is 4.79 Å². The molecule has 4 heteroatoms. The molecule has 11 heavy (non-hydrogen) atoms. The standard InChI is InChI=1S/C6H14N2O2.CH4/c7-4-2-1-3-5(8)6(9)10;/h5H,1-4,7-8H2,(H,9,10);1H4. The van der Waals surface area contributed by atoms with Gasteiger partial charge in [-0.2, -0.15) is 0 Å². The van der Waals surface area contributed by atoms with Gasteiger partial charge < -0.3 is 16.6 Å². The quantitative estimate of drug-likeness (QED) is 0.502. The third-order valence-electron chi connectivity index (χ3n) is 1.29. The maximum absolute atomic E-state index is 10.1. The zero-order valence-electron chi connectivity index (χ0n) is 5.92. The van der Waals surface area contributed by atoms with E-state index in [9.17, 15) is 4.79 Å². The van der Waals surface area contributed by atoms with Crippen LogP contribution < -0.4 is 11.5 Å². The summed E-state index contributed by atoms with van der Waals surface area (Å²) in [5, 5.41) is 8.33. The fraction of sp³-hybridized carbons (Fsp3) is 0.857. The number of rotatable bonds is 5. The summed E-state index contributed by atoms with van der Waals surface area (Å²) in [6.07, 6.45) is 2.16. The summed E-state index contributed by atoms with van der Waals surface area (Å²) in [7, 11) is 0. The highest BCUT2D eigenvalue weighted by Gasteiger charge is 2.09. The van der Waals surface area contributed by atoms with E-state index in [2.05, 4.69) is 0 Å². The first kappa shape index (κ1) is 13.0. The molecule has 0 aromatic rings. The van der Waals surface area contributed by atoms with E-state index in [1.165, 1.54) is 0 Å². The fourth-order valence-corrected chi connectivity index (χ4v) is 0.632. The molecule has 0 radical (unpaired) electrons. The molecule has 0 aromatic carbocycles. The van der Waals surface area contributed by atoms with Crippen molar-refractivity contribution in [2.45, 2.75) is 32.7 Å². The van der Waals surface area contributed by atoms with Gasteiger partial charge in [0.25, 0.3) is 0 Å². The van der Waals surface area contributed by atoms with Crippen molar-refractivity contribution in [3.8, 4) is 0 Å². The number of carboxylic acid groups (broad SMARTS) is 1. The summed E-state index contributed by atoms with van der Waals surface area (Å²) >= 11 is 0. The molecular formula is C7H18N2O2. The van der Waals surface area contributed by atoms with Crippen LogP contribution in [0.3, 0.4) is 0 Å². The van der Waals surface area contributed by atoms with Crippen molar-refractivity contribution < 1.29 is 9.90 Å². The second kappa shape index (κ2) is 7.50. The van der Waals surface area contributed by atoms with Gasteiger partial charge in [-0.3, -0.25) is 4.79 Å². The molecule has 0 aliphatic heterocycles. The smallest absolute Gasteiger partial charge is 0.320 e. The summed E-state index contributed by atoms with van der Waals surface area (Å²) in [5.74, 6) is -0.933. The molecule has 1 atom stereocenters. The van der Waals surface area contributed by atoms with E-state index in [4.69, 9.17) is 16.6 Å². The van der Waals surface area contributed by atoms with Crippen LogP contribution in [0, 0.1) is 0 Å². The van der Waals surface area contributed by atoms with Crippen LogP contribution in [0.4, 0.5) is 0 Å². The van der Waals surface area contributed by atoms with Gasteiger partial charge in [0.2, 0.25) is 0 Å². The molecule has 0 bridgehead atoms. The molecule has 0 aliphatic rings. The Morgan fingerprint density at radius 1 is 1.45 bits per heavy atom. The molecule has 0 heterocycles. The maximum Gasteiger partial charge on any atom is 0.320 e. The molecule has 0 aromatic heterocycles. The summed E-state index contributed by atoms with van der Waals surface area (Å²) in [6.45, 7) is 0.604. The van der Waals surface area contributed by atoms with Gasteiger partial charge in [0.05, 0.1) is 0 Å². The van der Waals surface area contributed by atoms with Gasteiger partial charge >= 0.3 is 5.97 Å². The van der Waals surface area contributed by atoms with E-state index in [0.717, 1.165) is 12.8 Å². The highest BCUT2D eigenvalue weighted by atomic mass is 16.4. The molecule has 0 spiro atoms. The Morgan fingerprint density at radius 2 is 2.00 bits per heavy atom. The van der Waals surface area contributed by atoms with Gasteiger partial charge in [-0.05, 0) is 19.4 Å². The summed E-state index contributed by atoms with van der Waals surface area (Å²) in [4.78, 5) is 10.1. The number of carbonyl (C=O) groups is 1. The maximum atomic E-state index is 10.1. The number of hydrogen-bond acceptors (Lipinski definition) is 3. The topological polar surface area (TPSA) is 89.3 Å². The number of carboxylic acids is 1. The Morgan fingerprint density at radius 3 is 2.36 bits per heavy atom.